The minimum atomic E-state index is 0.123. The number of unbranched alkanes of at least 4 members (excludes halogenated alkanes) is 1. The van der Waals surface area contributed by atoms with Crippen molar-refractivity contribution < 1.29 is 5.11 Å². The topological polar surface area (TPSA) is 56.6 Å². The Kier molecular flexibility index (Phi) is 8.11. The SMILES string of the molecule is CCC/C=C1/C=CC(CC)(CCO)C1CC1=CC1CNC(CNC)=NC. The Bertz CT molecular complexity index is 576. The Balaban J connectivity index is 1.97. The molecule has 4 nitrogen and oxygen atoms in total. The van der Waals surface area contributed by atoms with Crippen LogP contribution in [0, 0.1) is 17.3 Å². The van der Waals surface area contributed by atoms with Crippen molar-refractivity contribution in [3.05, 3.63) is 35.5 Å². The summed E-state index contributed by atoms with van der Waals surface area (Å²) in [7, 11) is 3.77. The van der Waals surface area contributed by atoms with Crippen LogP contribution in [0.15, 0.2) is 40.4 Å². The van der Waals surface area contributed by atoms with Gasteiger partial charge in [0.2, 0.25) is 0 Å². The first-order chi connectivity index (χ1) is 12.6. The van der Waals surface area contributed by atoms with E-state index in [1.807, 2.05) is 14.1 Å². The molecule has 0 aliphatic heterocycles. The highest BCUT2D eigenvalue weighted by atomic mass is 16.3. The van der Waals surface area contributed by atoms with Crippen molar-refractivity contribution in [3.8, 4) is 0 Å². The normalized spacial score (nSPS) is 29.3. The van der Waals surface area contributed by atoms with Crippen LogP contribution in [0.2, 0.25) is 0 Å². The van der Waals surface area contributed by atoms with Crippen LogP contribution in [0.1, 0.15) is 46.0 Å². The van der Waals surface area contributed by atoms with Crippen molar-refractivity contribution in [2.45, 2.75) is 46.0 Å². The van der Waals surface area contributed by atoms with E-state index in [4.69, 9.17) is 0 Å². The molecular weight excluding hydrogens is 322 g/mol. The lowest BCUT2D eigenvalue weighted by Crippen LogP contribution is -2.34. The average Bonchev–Trinajstić information content (AvgIpc) is 3.32. The van der Waals surface area contributed by atoms with E-state index < -0.39 is 0 Å². The van der Waals surface area contributed by atoms with E-state index in [-0.39, 0.29) is 12.0 Å². The third-order valence-electron chi connectivity index (χ3n) is 5.97. The Morgan fingerprint density at radius 3 is 2.81 bits per heavy atom. The molecule has 0 amide bonds. The van der Waals surface area contributed by atoms with E-state index >= 15 is 0 Å². The monoisotopic (exact) mass is 359 g/mol. The van der Waals surface area contributed by atoms with Gasteiger partial charge in [-0.15, -0.1) is 0 Å². The summed E-state index contributed by atoms with van der Waals surface area (Å²) in [5.74, 6) is 2.08. The summed E-state index contributed by atoms with van der Waals surface area (Å²) in [6.45, 7) is 6.48. The third-order valence-corrected chi connectivity index (χ3v) is 5.97. The molecule has 4 heteroatoms. The number of aliphatic imine (C=N–C) groups is 1. The lowest BCUT2D eigenvalue weighted by atomic mass is 9.70. The van der Waals surface area contributed by atoms with Crippen LogP contribution >= 0.6 is 0 Å². The molecular formula is C22H37N3O. The molecule has 2 aliphatic rings. The summed E-state index contributed by atoms with van der Waals surface area (Å²) < 4.78 is 0. The van der Waals surface area contributed by atoms with Crippen LogP contribution < -0.4 is 10.6 Å². The molecule has 3 N–H and O–H groups in total. The molecule has 0 fully saturated rings. The van der Waals surface area contributed by atoms with E-state index in [2.05, 4.69) is 53.8 Å². The van der Waals surface area contributed by atoms with E-state index in [9.17, 15) is 5.11 Å². The van der Waals surface area contributed by atoms with Crippen molar-refractivity contribution >= 4 is 5.84 Å². The predicted molar refractivity (Wildman–Crippen MR) is 112 cm³/mol. The van der Waals surface area contributed by atoms with Gasteiger partial charge in [0.1, 0.15) is 5.84 Å². The van der Waals surface area contributed by atoms with E-state index in [1.165, 1.54) is 12.0 Å². The number of aliphatic hydroxyl groups excluding tert-OH is 1. The van der Waals surface area contributed by atoms with Crippen molar-refractivity contribution in [3.63, 3.8) is 0 Å². The maximum Gasteiger partial charge on any atom is 0.110 e. The number of nitrogens with one attached hydrogen (secondary N) is 2. The van der Waals surface area contributed by atoms with E-state index in [0.717, 1.165) is 44.6 Å². The minimum Gasteiger partial charge on any atom is -0.396 e. The van der Waals surface area contributed by atoms with Crippen molar-refractivity contribution in [2.75, 3.05) is 33.8 Å². The quantitative estimate of drug-likeness (QED) is 0.301. The van der Waals surface area contributed by atoms with Crippen LogP contribution in [0.4, 0.5) is 0 Å². The second kappa shape index (κ2) is 10.1. The van der Waals surface area contributed by atoms with Crippen molar-refractivity contribution in [1.82, 2.24) is 10.6 Å². The molecule has 0 saturated heterocycles. The smallest absolute Gasteiger partial charge is 0.110 e. The van der Waals surface area contributed by atoms with Crippen molar-refractivity contribution in [2.24, 2.45) is 22.2 Å². The van der Waals surface area contributed by atoms with Gasteiger partial charge in [-0.3, -0.25) is 4.99 Å². The molecule has 3 unspecified atom stereocenters. The van der Waals surface area contributed by atoms with Gasteiger partial charge in [-0.1, -0.05) is 50.1 Å². The largest absolute Gasteiger partial charge is 0.396 e. The zero-order valence-corrected chi connectivity index (χ0v) is 17.0. The summed E-state index contributed by atoms with van der Waals surface area (Å²) in [6, 6.07) is 0. The van der Waals surface area contributed by atoms with Gasteiger partial charge < -0.3 is 15.7 Å². The van der Waals surface area contributed by atoms with Crippen LogP contribution in [0.5, 0.6) is 0 Å². The number of hydrogen-bond donors (Lipinski definition) is 3. The van der Waals surface area contributed by atoms with Gasteiger partial charge in [0.15, 0.2) is 0 Å². The molecule has 0 aromatic rings. The number of rotatable bonds is 11. The fourth-order valence-corrected chi connectivity index (χ4v) is 4.15. The zero-order valence-electron chi connectivity index (χ0n) is 17.0. The zero-order chi connectivity index (χ0) is 19.0. The fourth-order valence-electron chi connectivity index (χ4n) is 4.15. The molecule has 26 heavy (non-hydrogen) atoms. The second-order valence-corrected chi connectivity index (χ2v) is 7.57. The average molecular weight is 360 g/mol. The first-order valence-corrected chi connectivity index (χ1v) is 10.2. The first-order valence-electron chi connectivity index (χ1n) is 10.2. The van der Waals surface area contributed by atoms with Crippen molar-refractivity contribution in [1.29, 1.82) is 0 Å². The molecule has 0 spiro atoms. The highest BCUT2D eigenvalue weighted by Crippen LogP contribution is 2.51. The van der Waals surface area contributed by atoms with Crippen LogP contribution in [0.25, 0.3) is 0 Å². The Hall–Kier alpha value is -1.39. The molecule has 3 atom stereocenters. The Morgan fingerprint density at radius 2 is 2.19 bits per heavy atom. The molecule has 0 aromatic heterocycles. The molecule has 0 radical (unpaired) electrons. The van der Waals surface area contributed by atoms with Gasteiger partial charge in [0.05, 0.1) is 6.54 Å². The van der Waals surface area contributed by atoms with E-state index in [1.54, 1.807) is 5.57 Å². The maximum atomic E-state index is 9.63. The number of amidine groups is 1. The summed E-state index contributed by atoms with van der Waals surface area (Å²) >= 11 is 0. The van der Waals surface area contributed by atoms with Gasteiger partial charge >= 0.3 is 0 Å². The first kappa shape index (κ1) is 20.9. The molecule has 146 valence electrons. The summed E-state index contributed by atoms with van der Waals surface area (Å²) in [5, 5.41) is 16.2. The van der Waals surface area contributed by atoms with Gasteiger partial charge in [-0.05, 0) is 49.6 Å². The number of aliphatic hydroxyl groups is 1. The summed E-state index contributed by atoms with van der Waals surface area (Å²) in [5.41, 5.74) is 3.16. The summed E-state index contributed by atoms with van der Waals surface area (Å²) in [4.78, 5) is 4.29. The molecule has 0 saturated carbocycles. The molecule has 2 aliphatic carbocycles. The Labute approximate surface area is 159 Å². The number of hydrogen-bond acceptors (Lipinski definition) is 3. The van der Waals surface area contributed by atoms with Crippen LogP contribution in [0.3, 0.4) is 0 Å². The van der Waals surface area contributed by atoms with E-state index in [0.29, 0.717) is 11.8 Å². The third kappa shape index (κ3) is 5.08. The molecule has 0 bridgehead atoms. The lowest BCUT2D eigenvalue weighted by Gasteiger charge is -2.34. The van der Waals surface area contributed by atoms with Crippen LogP contribution in [-0.2, 0) is 0 Å². The molecule has 2 rings (SSSR count). The van der Waals surface area contributed by atoms with Gasteiger partial charge in [-0.2, -0.15) is 0 Å². The second-order valence-electron chi connectivity index (χ2n) is 7.57. The standard InChI is InChI=1S/C22H37N3O/c1-5-7-8-17-9-10-22(6-2,11-12-26)20(17)14-18-13-19(18)15-25-21(24-4)16-23-3/h8-10,13,19-20,23,26H,5-7,11-12,14-16H2,1-4H3,(H,24,25)/b17-8-. The molecule has 0 aromatic carbocycles. The van der Waals surface area contributed by atoms with Crippen LogP contribution in [-0.4, -0.2) is 44.7 Å². The highest BCUT2D eigenvalue weighted by molar-refractivity contribution is 5.84. The number of likely N-dealkylation sites (N-methyl/N-ethyl adjacent to an activating group) is 1. The van der Waals surface area contributed by atoms with Gasteiger partial charge in [0, 0.05) is 26.1 Å². The maximum absolute atomic E-state index is 9.63. The molecule has 0 heterocycles. The Morgan fingerprint density at radius 1 is 1.38 bits per heavy atom. The number of allylic oxidation sites excluding steroid dienone is 4. The summed E-state index contributed by atoms with van der Waals surface area (Å²) in [6.07, 6.45) is 14.9. The number of nitrogens with zero attached hydrogens (tertiary/aromatic N) is 1. The van der Waals surface area contributed by atoms with Gasteiger partial charge in [0.25, 0.3) is 0 Å². The fraction of sp³-hybridized carbons (Fsp3) is 0.682. The lowest BCUT2D eigenvalue weighted by molar-refractivity contribution is 0.176. The minimum absolute atomic E-state index is 0.123. The van der Waals surface area contributed by atoms with Gasteiger partial charge in [-0.25, -0.2) is 0 Å². The predicted octanol–water partition coefficient (Wildman–Crippen LogP) is 3.46. The highest BCUT2D eigenvalue weighted by Gasteiger charge is 2.42.